The van der Waals surface area contributed by atoms with E-state index in [4.69, 9.17) is 5.11 Å². The quantitative estimate of drug-likeness (QED) is 0.847. The van der Waals surface area contributed by atoms with Crippen LogP contribution in [0, 0.1) is 5.92 Å². The minimum absolute atomic E-state index is 0.164. The Labute approximate surface area is 113 Å². The molecular weight excluding hydrogens is 244 g/mol. The van der Waals surface area contributed by atoms with Crippen LogP contribution in [0.1, 0.15) is 24.2 Å². The van der Waals surface area contributed by atoms with Gasteiger partial charge in [0.2, 0.25) is 0 Å². The van der Waals surface area contributed by atoms with Crippen molar-refractivity contribution in [2.75, 3.05) is 19.0 Å². The van der Waals surface area contributed by atoms with E-state index in [1.165, 1.54) is 0 Å². The molecule has 0 spiro atoms. The van der Waals surface area contributed by atoms with E-state index >= 15 is 0 Å². The minimum Gasteiger partial charge on any atom is -0.480 e. The van der Waals surface area contributed by atoms with Crippen molar-refractivity contribution in [2.45, 2.75) is 19.9 Å². The SMILES string of the molecule is CC(C)[C@@H](NC(=O)c1ccc(N(C)C)cc1)C(=O)O. The summed E-state index contributed by atoms with van der Waals surface area (Å²) < 4.78 is 0. The fourth-order valence-electron chi connectivity index (χ4n) is 1.65. The van der Waals surface area contributed by atoms with Crippen molar-refractivity contribution in [3.63, 3.8) is 0 Å². The van der Waals surface area contributed by atoms with Crippen LogP contribution in [0.2, 0.25) is 0 Å². The largest absolute Gasteiger partial charge is 0.480 e. The molecule has 5 heteroatoms. The van der Waals surface area contributed by atoms with Crippen molar-refractivity contribution in [3.05, 3.63) is 29.8 Å². The Balaban J connectivity index is 2.80. The Morgan fingerprint density at radius 3 is 2.05 bits per heavy atom. The number of hydrogen-bond donors (Lipinski definition) is 2. The van der Waals surface area contributed by atoms with Gasteiger partial charge in [0.1, 0.15) is 6.04 Å². The molecule has 1 rings (SSSR count). The van der Waals surface area contributed by atoms with Crippen LogP contribution in [0.5, 0.6) is 0 Å². The standard InChI is InChI=1S/C14H20N2O3/c1-9(2)12(14(18)19)15-13(17)10-5-7-11(8-6-10)16(3)4/h5-9,12H,1-4H3,(H,15,17)(H,18,19)/t12-/m1/s1. The van der Waals surface area contributed by atoms with Gasteiger partial charge < -0.3 is 15.3 Å². The van der Waals surface area contributed by atoms with Crippen LogP contribution < -0.4 is 10.2 Å². The van der Waals surface area contributed by atoms with Crippen molar-refractivity contribution >= 4 is 17.6 Å². The number of aliphatic carboxylic acids is 1. The van der Waals surface area contributed by atoms with E-state index in [1.807, 2.05) is 31.1 Å². The van der Waals surface area contributed by atoms with Gasteiger partial charge in [0.25, 0.3) is 5.91 Å². The predicted molar refractivity (Wildman–Crippen MR) is 74.5 cm³/mol. The summed E-state index contributed by atoms with van der Waals surface area (Å²) in [5, 5.41) is 11.6. The number of amides is 1. The maximum atomic E-state index is 12.0. The van der Waals surface area contributed by atoms with Crippen LogP contribution in [-0.4, -0.2) is 37.1 Å². The van der Waals surface area contributed by atoms with Crippen molar-refractivity contribution in [1.29, 1.82) is 0 Å². The number of hydrogen-bond acceptors (Lipinski definition) is 3. The van der Waals surface area contributed by atoms with Crippen LogP contribution in [0.15, 0.2) is 24.3 Å². The van der Waals surface area contributed by atoms with Crippen molar-refractivity contribution < 1.29 is 14.7 Å². The molecule has 0 aromatic heterocycles. The molecule has 1 atom stereocenters. The zero-order valence-corrected chi connectivity index (χ0v) is 11.7. The molecule has 0 aliphatic rings. The summed E-state index contributed by atoms with van der Waals surface area (Å²) in [7, 11) is 3.82. The van der Waals surface area contributed by atoms with E-state index in [1.54, 1.807) is 26.0 Å². The number of carbonyl (C=O) groups is 2. The number of nitrogens with one attached hydrogen (secondary N) is 1. The topological polar surface area (TPSA) is 69.6 Å². The lowest BCUT2D eigenvalue weighted by Crippen LogP contribution is -2.44. The number of anilines is 1. The zero-order chi connectivity index (χ0) is 14.6. The number of carboxylic acids is 1. The third-order valence-electron chi connectivity index (χ3n) is 2.87. The number of carboxylic acid groups (broad SMARTS) is 1. The molecular formula is C14H20N2O3. The second-order valence-electron chi connectivity index (χ2n) is 4.97. The summed E-state index contributed by atoms with van der Waals surface area (Å²) in [5.74, 6) is -1.55. The van der Waals surface area contributed by atoms with Gasteiger partial charge in [0.15, 0.2) is 0 Å². The summed E-state index contributed by atoms with van der Waals surface area (Å²) >= 11 is 0. The monoisotopic (exact) mass is 264 g/mol. The Bertz CT molecular complexity index is 452. The zero-order valence-electron chi connectivity index (χ0n) is 11.7. The fraction of sp³-hybridized carbons (Fsp3) is 0.429. The first-order valence-electron chi connectivity index (χ1n) is 6.14. The van der Waals surface area contributed by atoms with Crippen LogP contribution in [0.3, 0.4) is 0 Å². The van der Waals surface area contributed by atoms with E-state index in [9.17, 15) is 9.59 Å². The molecule has 0 aliphatic heterocycles. The second kappa shape index (κ2) is 6.22. The molecule has 0 unspecified atom stereocenters. The number of benzene rings is 1. The molecule has 1 aromatic rings. The van der Waals surface area contributed by atoms with Gasteiger partial charge in [-0.3, -0.25) is 4.79 Å². The third kappa shape index (κ3) is 3.98. The lowest BCUT2D eigenvalue weighted by molar-refractivity contribution is -0.140. The molecule has 104 valence electrons. The maximum absolute atomic E-state index is 12.0. The highest BCUT2D eigenvalue weighted by atomic mass is 16.4. The van der Waals surface area contributed by atoms with E-state index in [0.717, 1.165) is 5.69 Å². The van der Waals surface area contributed by atoms with Crippen molar-refractivity contribution in [3.8, 4) is 0 Å². The highest BCUT2D eigenvalue weighted by Crippen LogP contribution is 2.12. The van der Waals surface area contributed by atoms with E-state index in [2.05, 4.69) is 5.32 Å². The lowest BCUT2D eigenvalue weighted by atomic mass is 10.0. The van der Waals surface area contributed by atoms with Crippen LogP contribution in [0.25, 0.3) is 0 Å². The Morgan fingerprint density at radius 2 is 1.68 bits per heavy atom. The van der Waals surface area contributed by atoms with Gasteiger partial charge in [-0.2, -0.15) is 0 Å². The molecule has 0 radical (unpaired) electrons. The van der Waals surface area contributed by atoms with Crippen molar-refractivity contribution in [2.24, 2.45) is 5.92 Å². The van der Waals surface area contributed by atoms with E-state index in [0.29, 0.717) is 5.56 Å². The Hall–Kier alpha value is -2.04. The molecule has 0 aliphatic carbocycles. The average molecular weight is 264 g/mol. The van der Waals surface area contributed by atoms with Gasteiger partial charge in [-0.25, -0.2) is 4.79 Å². The van der Waals surface area contributed by atoms with Crippen LogP contribution in [-0.2, 0) is 4.79 Å². The number of carbonyl (C=O) groups excluding carboxylic acids is 1. The molecule has 0 saturated carbocycles. The van der Waals surface area contributed by atoms with Gasteiger partial charge in [-0.1, -0.05) is 13.8 Å². The van der Waals surface area contributed by atoms with Crippen LogP contribution in [0.4, 0.5) is 5.69 Å². The summed E-state index contributed by atoms with van der Waals surface area (Å²) in [6.45, 7) is 3.52. The Morgan fingerprint density at radius 1 is 1.16 bits per heavy atom. The maximum Gasteiger partial charge on any atom is 0.326 e. The fourth-order valence-corrected chi connectivity index (χ4v) is 1.65. The first-order valence-corrected chi connectivity index (χ1v) is 6.14. The summed E-state index contributed by atoms with van der Waals surface area (Å²) in [5.41, 5.74) is 1.44. The van der Waals surface area contributed by atoms with Gasteiger partial charge in [0, 0.05) is 25.3 Å². The molecule has 19 heavy (non-hydrogen) atoms. The minimum atomic E-state index is -1.02. The smallest absolute Gasteiger partial charge is 0.326 e. The second-order valence-corrected chi connectivity index (χ2v) is 4.97. The van der Waals surface area contributed by atoms with Gasteiger partial charge in [-0.15, -0.1) is 0 Å². The molecule has 1 amide bonds. The highest BCUT2D eigenvalue weighted by molar-refractivity contribution is 5.96. The van der Waals surface area contributed by atoms with E-state index < -0.39 is 12.0 Å². The van der Waals surface area contributed by atoms with Gasteiger partial charge in [-0.05, 0) is 30.2 Å². The summed E-state index contributed by atoms with van der Waals surface area (Å²) in [6, 6.07) is 6.13. The number of nitrogens with zero attached hydrogens (tertiary/aromatic N) is 1. The van der Waals surface area contributed by atoms with E-state index in [-0.39, 0.29) is 11.8 Å². The summed E-state index contributed by atoms with van der Waals surface area (Å²) in [4.78, 5) is 24.9. The number of rotatable bonds is 5. The van der Waals surface area contributed by atoms with Crippen LogP contribution >= 0.6 is 0 Å². The first kappa shape index (κ1) is 15.0. The molecule has 0 fully saturated rings. The first-order chi connectivity index (χ1) is 8.82. The van der Waals surface area contributed by atoms with Crippen molar-refractivity contribution in [1.82, 2.24) is 5.32 Å². The highest BCUT2D eigenvalue weighted by Gasteiger charge is 2.23. The van der Waals surface area contributed by atoms with Gasteiger partial charge >= 0.3 is 5.97 Å². The average Bonchev–Trinajstić information content (AvgIpc) is 2.34. The predicted octanol–water partition coefficient (Wildman–Crippen LogP) is 1.59. The molecule has 0 heterocycles. The lowest BCUT2D eigenvalue weighted by Gasteiger charge is -2.18. The summed E-state index contributed by atoms with van der Waals surface area (Å²) in [6.07, 6.45) is 0. The molecule has 5 nitrogen and oxygen atoms in total. The third-order valence-corrected chi connectivity index (χ3v) is 2.87. The molecule has 1 aromatic carbocycles. The normalized spacial score (nSPS) is 12.1. The molecule has 0 saturated heterocycles. The molecule has 2 N–H and O–H groups in total. The van der Waals surface area contributed by atoms with Gasteiger partial charge in [0.05, 0.1) is 0 Å². The Kier molecular flexibility index (Phi) is 4.92. The molecule has 0 bridgehead atoms.